The van der Waals surface area contributed by atoms with Crippen molar-refractivity contribution in [3.8, 4) is 0 Å². The molecule has 0 aromatic rings. The van der Waals surface area contributed by atoms with Crippen LogP contribution in [0.3, 0.4) is 0 Å². The number of hydrogen-bond donors (Lipinski definition) is 1. The number of hydrogen-bond acceptors (Lipinski definition) is 9. The summed E-state index contributed by atoms with van der Waals surface area (Å²) < 4.78 is 8.95. The molecule has 0 unspecified atom stereocenters. The standard InChI is InChI=1S/2C11H18O4.C3H8O.Ti/c2*1-10(2,3)7(12)8(13)15-9(14)11(4,5)6;1-3(2)4;/h2*1-6H3;3-4H,1-2H3;. The van der Waals surface area contributed by atoms with Crippen LogP contribution >= 0.6 is 0 Å². The van der Waals surface area contributed by atoms with Crippen LogP contribution in [0.5, 0.6) is 0 Å². The second kappa shape index (κ2) is 15.4. The smallest absolute Gasteiger partial charge is 0.382 e. The van der Waals surface area contributed by atoms with Crippen molar-refractivity contribution in [2.45, 2.75) is 103 Å². The van der Waals surface area contributed by atoms with Gasteiger partial charge >= 0.3 is 23.9 Å². The number of ketones is 2. The molecule has 0 saturated heterocycles. The van der Waals surface area contributed by atoms with Crippen LogP contribution in [0.4, 0.5) is 0 Å². The average molecular weight is 536 g/mol. The molecule has 0 rings (SSSR count). The Hall–Kier alpha value is -1.71. The summed E-state index contributed by atoms with van der Waals surface area (Å²) in [6.45, 7) is 22.7. The quantitative estimate of drug-likeness (QED) is 0.241. The van der Waals surface area contributed by atoms with Crippen molar-refractivity contribution in [3.05, 3.63) is 0 Å². The van der Waals surface area contributed by atoms with Crippen molar-refractivity contribution < 1.29 is 65.1 Å². The molecule has 0 saturated carbocycles. The Balaban J connectivity index is -0.000000232. The topological polar surface area (TPSA) is 141 Å². The molecule has 0 aromatic carbocycles. The van der Waals surface area contributed by atoms with E-state index in [4.69, 9.17) is 5.11 Å². The monoisotopic (exact) mass is 536 g/mol. The van der Waals surface area contributed by atoms with Gasteiger partial charge in [0, 0.05) is 38.7 Å². The first-order valence-electron chi connectivity index (χ1n) is 11.0. The summed E-state index contributed by atoms with van der Waals surface area (Å²) in [5, 5.41) is 8.06. The molecule has 0 aliphatic carbocycles. The fourth-order valence-corrected chi connectivity index (χ4v) is 1.18. The van der Waals surface area contributed by atoms with Gasteiger partial charge in [-0.1, -0.05) is 41.5 Å². The molecule has 10 heteroatoms. The number of esters is 4. The van der Waals surface area contributed by atoms with Gasteiger partial charge in [0.1, 0.15) is 0 Å². The summed E-state index contributed by atoms with van der Waals surface area (Å²) in [6, 6.07) is 0. The third-order valence-corrected chi connectivity index (χ3v) is 3.33. The summed E-state index contributed by atoms with van der Waals surface area (Å²) in [5.41, 5.74) is -3.22. The van der Waals surface area contributed by atoms with Gasteiger partial charge in [0.25, 0.3) is 0 Å². The van der Waals surface area contributed by atoms with E-state index in [9.17, 15) is 28.8 Å². The number of carbonyl (C=O) groups excluding carboxylic acids is 6. The SMILES string of the molecule is CC(C)(C)C(=O)OC(=O)C(=O)C(C)(C)C.CC(C)(C)C(=O)OC(=O)C(=O)C(C)(C)C.CC(C)O.[Ti]. The largest absolute Gasteiger partial charge is 0.394 e. The summed E-state index contributed by atoms with van der Waals surface area (Å²) in [5.74, 6) is -4.93. The summed E-state index contributed by atoms with van der Waals surface area (Å²) in [4.78, 5) is 67.9. The molecule has 0 heterocycles. The van der Waals surface area contributed by atoms with E-state index in [0.717, 1.165) is 0 Å². The summed E-state index contributed by atoms with van der Waals surface area (Å²) >= 11 is 0. The fraction of sp³-hybridized carbons (Fsp3) is 0.760. The minimum atomic E-state index is -1.08. The van der Waals surface area contributed by atoms with Gasteiger partial charge in [0.05, 0.1) is 10.8 Å². The van der Waals surface area contributed by atoms with Crippen LogP contribution in [0.1, 0.15) is 96.9 Å². The first kappa shape index (κ1) is 40.5. The van der Waals surface area contributed by atoms with Crippen molar-refractivity contribution in [1.29, 1.82) is 0 Å². The van der Waals surface area contributed by atoms with Crippen molar-refractivity contribution in [2.75, 3.05) is 0 Å². The zero-order valence-corrected chi connectivity index (χ0v) is 25.4. The second-order valence-corrected chi connectivity index (χ2v) is 12.1. The predicted octanol–water partition coefficient (Wildman–Crippen LogP) is 3.82. The minimum Gasteiger partial charge on any atom is -0.394 e. The van der Waals surface area contributed by atoms with Crippen LogP contribution in [-0.2, 0) is 60.0 Å². The minimum absolute atomic E-state index is 0. The Morgan fingerprint density at radius 1 is 0.514 bits per heavy atom. The second-order valence-electron chi connectivity index (χ2n) is 12.1. The number of Topliss-reactive ketones (excluding diaryl/α,β-unsaturated/α-hetero) is 2. The van der Waals surface area contributed by atoms with E-state index >= 15 is 0 Å². The molecule has 1 N–H and O–H groups in total. The van der Waals surface area contributed by atoms with E-state index in [2.05, 4.69) is 9.47 Å². The molecule has 35 heavy (non-hydrogen) atoms. The molecule has 202 valence electrons. The average Bonchev–Trinajstić information content (AvgIpc) is 2.56. The van der Waals surface area contributed by atoms with Gasteiger partial charge in [-0.25, -0.2) is 9.59 Å². The van der Waals surface area contributed by atoms with Crippen molar-refractivity contribution in [2.24, 2.45) is 21.7 Å². The first-order valence-corrected chi connectivity index (χ1v) is 11.0. The molecule has 0 radical (unpaired) electrons. The zero-order chi connectivity index (χ0) is 28.5. The summed E-state index contributed by atoms with van der Waals surface area (Å²) in [7, 11) is 0. The maximum absolute atomic E-state index is 11.4. The molecule has 0 aliphatic rings. The molecule has 0 atom stereocenters. The molecule has 9 nitrogen and oxygen atoms in total. The van der Waals surface area contributed by atoms with Crippen LogP contribution in [-0.4, -0.2) is 46.7 Å². The van der Waals surface area contributed by atoms with Crippen LogP contribution in [0.2, 0.25) is 0 Å². The number of aliphatic hydroxyl groups is 1. The molecular weight excluding hydrogens is 492 g/mol. The van der Waals surface area contributed by atoms with Crippen LogP contribution in [0.25, 0.3) is 0 Å². The zero-order valence-electron chi connectivity index (χ0n) is 23.8. The number of ether oxygens (including phenoxy) is 2. The molecular formula is C25H44O9Ti. The van der Waals surface area contributed by atoms with E-state index in [-0.39, 0.29) is 27.8 Å². The molecule has 0 amide bonds. The molecule has 0 bridgehead atoms. The molecule has 0 aromatic heterocycles. The van der Waals surface area contributed by atoms with E-state index in [1.807, 2.05) is 0 Å². The Labute approximate surface area is 225 Å². The van der Waals surface area contributed by atoms with E-state index < -0.39 is 57.1 Å². The maximum Gasteiger partial charge on any atom is 0.382 e. The fourth-order valence-electron chi connectivity index (χ4n) is 1.18. The number of rotatable bonds is 2. The van der Waals surface area contributed by atoms with Gasteiger partial charge in [0.2, 0.25) is 11.6 Å². The third-order valence-electron chi connectivity index (χ3n) is 3.33. The number of carbonyl (C=O) groups is 6. The van der Waals surface area contributed by atoms with Crippen molar-refractivity contribution >= 4 is 35.4 Å². The van der Waals surface area contributed by atoms with Crippen LogP contribution in [0.15, 0.2) is 0 Å². The Morgan fingerprint density at radius 3 is 0.800 bits per heavy atom. The van der Waals surface area contributed by atoms with Gasteiger partial charge in [0.15, 0.2) is 0 Å². The molecule has 0 fully saturated rings. The van der Waals surface area contributed by atoms with Gasteiger partial charge in [-0.15, -0.1) is 0 Å². The third kappa shape index (κ3) is 20.2. The summed E-state index contributed by atoms with van der Waals surface area (Å²) in [6.07, 6.45) is -0.167. The van der Waals surface area contributed by atoms with Gasteiger partial charge in [-0.2, -0.15) is 0 Å². The van der Waals surface area contributed by atoms with E-state index in [1.54, 1.807) is 96.9 Å². The van der Waals surface area contributed by atoms with E-state index in [0.29, 0.717) is 0 Å². The first-order chi connectivity index (χ1) is 14.7. The van der Waals surface area contributed by atoms with E-state index in [1.165, 1.54) is 0 Å². The Morgan fingerprint density at radius 2 is 0.686 bits per heavy atom. The molecule has 0 spiro atoms. The number of aliphatic hydroxyl groups excluding tert-OH is 1. The van der Waals surface area contributed by atoms with Gasteiger partial charge in [-0.3, -0.25) is 19.2 Å². The Kier molecular flexibility index (Phi) is 17.8. The molecule has 0 aliphatic heterocycles. The van der Waals surface area contributed by atoms with Crippen molar-refractivity contribution in [1.82, 2.24) is 0 Å². The normalized spacial score (nSPS) is 11.4. The van der Waals surface area contributed by atoms with Crippen LogP contribution < -0.4 is 0 Å². The Bertz CT molecular complexity index is 689. The van der Waals surface area contributed by atoms with Crippen molar-refractivity contribution in [3.63, 3.8) is 0 Å². The maximum atomic E-state index is 11.4. The van der Waals surface area contributed by atoms with Crippen LogP contribution in [0, 0.1) is 21.7 Å². The van der Waals surface area contributed by atoms with Gasteiger partial charge < -0.3 is 14.6 Å². The predicted molar refractivity (Wildman–Crippen MR) is 127 cm³/mol. The van der Waals surface area contributed by atoms with Gasteiger partial charge in [-0.05, 0) is 55.4 Å².